The number of benzene rings is 2. The first-order valence-corrected chi connectivity index (χ1v) is 15.8. The Morgan fingerprint density at radius 3 is 2.10 bits per heavy atom. The molecular formula is C36H44O3. The van der Waals surface area contributed by atoms with Gasteiger partial charge in [-0.1, -0.05) is 74.0 Å². The van der Waals surface area contributed by atoms with Crippen LogP contribution in [0.2, 0.25) is 0 Å². The zero-order chi connectivity index (χ0) is 26.6. The Hall–Kier alpha value is -2.42. The van der Waals surface area contributed by atoms with Crippen LogP contribution in [0, 0.1) is 52.3 Å². The zero-order valence-corrected chi connectivity index (χ0v) is 23.5. The fourth-order valence-electron chi connectivity index (χ4n) is 11.6. The largest absolute Gasteiger partial charge is 0.465 e. The summed E-state index contributed by atoms with van der Waals surface area (Å²) in [5, 5.41) is 0. The first kappa shape index (κ1) is 25.5. The highest BCUT2D eigenvalue weighted by Crippen LogP contribution is 2.73. The Labute approximate surface area is 234 Å². The summed E-state index contributed by atoms with van der Waals surface area (Å²) in [5.41, 5.74) is 3.29. The number of aldehydes is 1. The van der Waals surface area contributed by atoms with E-state index >= 15 is 0 Å². The summed E-state index contributed by atoms with van der Waals surface area (Å²) in [4.78, 5) is 24.6. The maximum absolute atomic E-state index is 12.4. The van der Waals surface area contributed by atoms with E-state index in [2.05, 4.69) is 67.6 Å². The molecule has 0 radical (unpaired) electrons. The van der Waals surface area contributed by atoms with Gasteiger partial charge in [-0.3, -0.25) is 4.79 Å². The van der Waals surface area contributed by atoms with Gasteiger partial charge in [0.05, 0.1) is 13.0 Å². The number of hydrogen-bond acceptors (Lipinski definition) is 3. The van der Waals surface area contributed by atoms with E-state index in [0.29, 0.717) is 59.9 Å². The topological polar surface area (TPSA) is 43.4 Å². The first-order chi connectivity index (χ1) is 19.1. The highest BCUT2D eigenvalue weighted by Gasteiger charge is 2.65. The van der Waals surface area contributed by atoms with E-state index < -0.39 is 0 Å². The molecule has 0 N–H and O–H groups in total. The van der Waals surface area contributed by atoms with Crippen LogP contribution in [0.1, 0.15) is 88.2 Å². The number of carbonyl (C=O) groups excluding carboxylic acids is 2. The smallest absolute Gasteiger partial charge is 0.306 e. The second-order valence-corrected chi connectivity index (χ2v) is 14.0. The number of hydrogen-bond donors (Lipinski definition) is 0. The molecule has 5 fully saturated rings. The van der Waals surface area contributed by atoms with Gasteiger partial charge >= 0.3 is 5.97 Å². The van der Waals surface area contributed by atoms with Gasteiger partial charge in [-0.05, 0) is 103 Å². The predicted octanol–water partition coefficient (Wildman–Crippen LogP) is 7.84. The molecule has 39 heavy (non-hydrogen) atoms. The average Bonchev–Trinajstić information content (AvgIpc) is 3.57. The Bertz CT molecular complexity index is 1150. The van der Waals surface area contributed by atoms with Crippen molar-refractivity contribution >= 4 is 12.3 Å². The lowest BCUT2D eigenvalue weighted by molar-refractivity contribution is -0.145. The van der Waals surface area contributed by atoms with Gasteiger partial charge in [0.15, 0.2) is 0 Å². The molecule has 0 spiro atoms. The molecule has 0 bridgehead atoms. The lowest BCUT2D eigenvalue weighted by Gasteiger charge is -2.63. The Morgan fingerprint density at radius 2 is 1.46 bits per heavy atom. The minimum absolute atomic E-state index is 0.00149. The number of cyclic esters (lactones) is 1. The van der Waals surface area contributed by atoms with E-state index in [9.17, 15) is 9.59 Å². The van der Waals surface area contributed by atoms with Crippen LogP contribution >= 0.6 is 0 Å². The van der Waals surface area contributed by atoms with Crippen molar-refractivity contribution in [2.24, 2.45) is 52.3 Å². The molecule has 3 nitrogen and oxygen atoms in total. The summed E-state index contributed by atoms with van der Waals surface area (Å²) in [7, 11) is 0. The molecule has 5 aliphatic rings. The number of rotatable bonds is 5. The maximum atomic E-state index is 12.4. The van der Waals surface area contributed by atoms with Crippen LogP contribution in [0.15, 0.2) is 60.7 Å². The van der Waals surface area contributed by atoms with Crippen LogP contribution in [0.4, 0.5) is 0 Å². The predicted molar refractivity (Wildman–Crippen MR) is 153 cm³/mol. The molecule has 2 unspecified atom stereocenters. The van der Waals surface area contributed by atoms with Crippen LogP contribution in [0.5, 0.6) is 0 Å². The third-order valence-corrected chi connectivity index (χ3v) is 12.8. The molecule has 206 valence electrons. The van der Waals surface area contributed by atoms with Crippen molar-refractivity contribution in [3.05, 3.63) is 71.8 Å². The number of fused-ring (bicyclic) bond motifs is 5. The van der Waals surface area contributed by atoms with Crippen molar-refractivity contribution in [1.82, 2.24) is 0 Å². The molecule has 9 atom stereocenters. The molecule has 1 saturated heterocycles. The van der Waals surface area contributed by atoms with Crippen LogP contribution in [0.25, 0.3) is 0 Å². The maximum Gasteiger partial charge on any atom is 0.306 e. The number of carbonyl (C=O) groups is 2. The van der Waals surface area contributed by atoms with Crippen LogP contribution in [-0.4, -0.2) is 18.9 Å². The van der Waals surface area contributed by atoms with Crippen molar-refractivity contribution in [2.75, 3.05) is 6.61 Å². The van der Waals surface area contributed by atoms with E-state index in [1.807, 2.05) is 0 Å². The molecule has 1 heterocycles. The molecular weight excluding hydrogens is 480 g/mol. The fourth-order valence-corrected chi connectivity index (χ4v) is 11.6. The van der Waals surface area contributed by atoms with Gasteiger partial charge in [-0.15, -0.1) is 0 Å². The van der Waals surface area contributed by atoms with Crippen molar-refractivity contribution < 1.29 is 14.3 Å². The van der Waals surface area contributed by atoms with Gasteiger partial charge in [0, 0.05) is 17.8 Å². The van der Waals surface area contributed by atoms with E-state index in [4.69, 9.17) is 4.74 Å². The third-order valence-electron chi connectivity index (χ3n) is 12.8. The van der Waals surface area contributed by atoms with E-state index in [1.54, 1.807) is 0 Å². The minimum atomic E-state index is -0.00149. The SMILES string of the molecule is C[C@]12CCCC(C=O)C1CC[C@H]1[C@H]3CC[C@H]([C@@H]4COC(=O)C4)[C@@]3(C(c3ccccc3)c3ccccc3)CC[C@@H]12. The summed E-state index contributed by atoms with van der Waals surface area (Å²) in [6.45, 7) is 3.17. The van der Waals surface area contributed by atoms with Crippen molar-refractivity contribution in [3.8, 4) is 0 Å². The molecule has 3 heteroatoms. The Balaban J connectivity index is 1.35. The van der Waals surface area contributed by atoms with Gasteiger partial charge < -0.3 is 9.53 Å². The Kier molecular flexibility index (Phi) is 6.48. The third kappa shape index (κ3) is 3.89. The molecule has 4 saturated carbocycles. The summed E-state index contributed by atoms with van der Waals surface area (Å²) in [5.74, 6) is 4.05. The quantitative estimate of drug-likeness (QED) is 0.296. The summed E-state index contributed by atoms with van der Waals surface area (Å²) >= 11 is 0. The molecule has 0 aromatic heterocycles. The van der Waals surface area contributed by atoms with Crippen LogP contribution in [-0.2, 0) is 14.3 Å². The molecule has 7 rings (SSSR count). The zero-order valence-electron chi connectivity index (χ0n) is 23.5. The van der Waals surface area contributed by atoms with Gasteiger partial charge in [-0.25, -0.2) is 0 Å². The van der Waals surface area contributed by atoms with E-state index in [1.165, 1.54) is 68.8 Å². The molecule has 2 aromatic rings. The standard InChI is InChI=1S/C36H44O3/c1-35-19-8-13-26(22-37)29(35)15-14-28-31(35)18-20-36(30(16-17-32(28)36)27-21-33(38)39-23-27)34(24-9-4-2-5-10-24)25-11-6-3-7-12-25/h2-7,9-12,22,26-32,34H,8,13-21,23H2,1H3/t26?,27-,28+,29?,30+,31-,32+,35-,36-/m0/s1. The van der Waals surface area contributed by atoms with Gasteiger partial charge in [0.2, 0.25) is 0 Å². The minimum Gasteiger partial charge on any atom is -0.465 e. The number of esters is 1. The van der Waals surface area contributed by atoms with Crippen molar-refractivity contribution in [1.29, 1.82) is 0 Å². The van der Waals surface area contributed by atoms with Crippen molar-refractivity contribution in [2.45, 2.75) is 77.0 Å². The molecule has 0 amide bonds. The molecule has 1 aliphatic heterocycles. The lowest BCUT2D eigenvalue weighted by Crippen LogP contribution is -2.57. The number of ether oxygens (including phenoxy) is 1. The first-order valence-electron chi connectivity index (χ1n) is 15.8. The highest BCUT2D eigenvalue weighted by molar-refractivity contribution is 5.71. The molecule has 4 aliphatic carbocycles. The summed E-state index contributed by atoms with van der Waals surface area (Å²) in [6, 6.07) is 22.6. The normalized spacial score (nSPS) is 41.4. The highest BCUT2D eigenvalue weighted by atomic mass is 16.5. The lowest BCUT2D eigenvalue weighted by atomic mass is 9.41. The fraction of sp³-hybridized carbons (Fsp3) is 0.611. The Morgan fingerprint density at radius 1 is 0.795 bits per heavy atom. The van der Waals surface area contributed by atoms with Crippen LogP contribution < -0.4 is 0 Å². The summed E-state index contributed by atoms with van der Waals surface area (Å²) < 4.78 is 5.64. The van der Waals surface area contributed by atoms with Gasteiger partial charge in [0.25, 0.3) is 0 Å². The monoisotopic (exact) mass is 524 g/mol. The summed E-state index contributed by atoms with van der Waals surface area (Å²) in [6.07, 6.45) is 12.9. The van der Waals surface area contributed by atoms with Gasteiger partial charge in [0.1, 0.15) is 6.29 Å². The van der Waals surface area contributed by atoms with Crippen LogP contribution in [0.3, 0.4) is 0 Å². The van der Waals surface area contributed by atoms with Crippen molar-refractivity contribution in [3.63, 3.8) is 0 Å². The average molecular weight is 525 g/mol. The van der Waals surface area contributed by atoms with E-state index in [-0.39, 0.29) is 17.3 Å². The van der Waals surface area contributed by atoms with Gasteiger partial charge in [-0.2, -0.15) is 0 Å². The second kappa shape index (κ2) is 9.89. The van der Waals surface area contributed by atoms with E-state index in [0.717, 1.165) is 6.42 Å². The second-order valence-electron chi connectivity index (χ2n) is 14.0. The molecule has 2 aromatic carbocycles.